The summed E-state index contributed by atoms with van der Waals surface area (Å²) in [7, 11) is 2.66. The molecule has 16 heteroatoms. The minimum Gasteiger partial charge on any atom is -0.495 e. The molecule has 0 spiro atoms. The van der Waals surface area contributed by atoms with Crippen molar-refractivity contribution in [3.05, 3.63) is 52.7 Å². The van der Waals surface area contributed by atoms with Gasteiger partial charge in [0.25, 0.3) is 0 Å². The van der Waals surface area contributed by atoms with Gasteiger partial charge in [-0.05, 0) is 24.6 Å². The van der Waals surface area contributed by atoms with Crippen molar-refractivity contribution in [2.45, 2.75) is 19.1 Å². The highest BCUT2D eigenvalue weighted by Gasteiger charge is 2.44. The maximum Gasteiger partial charge on any atom is 0.420 e. The van der Waals surface area contributed by atoms with Crippen LogP contribution in [-0.4, -0.2) is 42.3 Å². The molecule has 45 heavy (non-hydrogen) atoms. The fourth-order valence-electron chi connectivity index (χ4n) is 5.55. The van der Waals surface area contributed by atoms with E-state index in [9.17, 15) is 9.65 Å². The number of thiophene rings is 1. The summed E-state index contributed by atoms with van der Waals surface area (Å²) in [5, 5.41) is 9.00. The highest BCUT2D eigenvalue weighted by molar-refractivity contribution is 7.23. The lowest BCUT2D eigenvalue weighted by Crippen LogP contribution is -2.31. The molecule has 5 aromatic rings. The number of nitriles is 1. The molecule has 1 aliphatic heterocycles. The molecule has 1 unspecified atom stereocenters. The number of hydrogen-bond acceptors (Lipinski definition) is 11. The summed E-state index contributed by atoms with van der Waals surface area (Å²) in [6, 6.07) is 4.27. The van der Waals surface area contributed by atoms with E-state index in [1.165, 1.54) is 20.4 Å². The van der Waals surface area contributed by atoms with Crippen LogP contribution in [0.4, 0.5) is 38.6 Å². The molecular formula is C29H22F5N7O3S. The van der Waals surface area contributed by atoms with Crippen molar-refractivity contribution in [2.75, 3.05) is 43.7 Å². The number of benzene rings is 2. The maximum atomic E-state index is 16.8. The van der Waals surface area contributed by atoms with E-state index in [2.05, 4.69) is 15.0 Å². The fraction of sp³-hybridized carbons (Fsp3) is 0.241. The number of pyridine rings is 1. The van der Waals surface area contributed by atoms with Gasteiger partial charge in [0.05, 0.1) is 48.7 Å². The Labute approximate surface area is 255 Å². The third kappa shape index (κ3) is 4.62. The molecule has 0 bridgehead atoms. The molecule has 4 N–H and O–H groups in total. The van der Waals surface area contributed by atoms with Gasteiger partial charge in [-0.25, -0.2) is 13.8 Å². The molecule has 0 aliphatic carbocycles. The van der Waals surface area contributed by atoms with Crippen molar-refractivity contribution in [3.8, 4) is 34.7 Å². The van der Waals surface area contributed by atoms with Crippen molar-refractivity contribution < 1.29 is 36.2 Å². The Morgan fingerprint density at radius 3 is 2.56 bits per heavy atom. The second-order valence-electron chi connectivity index (χ2n) is 9.97. The Morgan fingerprint density at radius 1 is 1.13 bits per heavy atom. The monoisotopic (exact) mass is 643 g/mol. The number of aromatic nitrogens is 3. The van der Waals surface area contributed by atoms with Crippen LogP contribution in [0.1, 0.15) is 29.7 Å². The standard InChI is InChI=1S/C29H22F5N7O3S/c1-11(14-8-12(42-2)10-38-25(14)36)41-6-7-44-23-19-22(39-28(43-3)40-27(19)41)21(31)18(20(23)29(32,33)34)13-4-5-16(30)24-17(13)15(9-35)26(37)45-24/h4-5,8,10-11H,6-7,37H2,1-3H3,(H2,36,38). The summed E-state index contributed by atoms with van der Waals surface area (Å²) in [4.78, 5) is 14.2. The lowest BCUT2D eigenvalue weighted by Gasteiger charge is -2.30. The topological polar surface area (TPSA) is 145 Å². The van der Waals surface area contributed by atoms with E-state index in [1.807, 2.05) is 0 Å². The zero-order valence-corrected chi connectivity index (χ0v) is 24.5. The summed E-state index contributed by atoms with van der Waals surface area (Å²) in [6.07, 6.45) is -3.79. The first-order valence-corrected chi connectivity index (χ1v) is 14.0. The van der Waals surface area contributed by atoms with Crippen molar-refractivity contribution in [1.29, 1.82) is 5.26 Å². The molecule has 2 aromatic carbocycles. The Bertz CT molecular complexity index is 2060. The van der Waals surface area contributed by atoms with Crippen molar-refractivity contribution in [1.82, 2.24) is 15.0 Å². The van der Waals surface area contributed by atoms with E-state index in [-0.39, 0.29) is 56.8 Å². The number of rotatable bonds is 5. The normalized spacial score (nSPS) is 13.8. The summed E-state index contributed by atoms with van der Waals surface area (Å²) in [5.74, 6) is -2.58. The van der Waals surface area contributed by atoms with Crippen molar-refractivity contribution in [3.63, 3.8) is 0 Å². The Kier molecular flexibility index (Phi) is 7.15. The highest BCUT2D eigenvalue weighted by Crippen LogP contribution is 2.53. The molecule has 10 nitrogen and oxygen atoms in total. The second-order valence-corrected chi connectivity index (χ2v) is 11.0. The largest absolute Gasteiger partial charge is 0.495 e. The molecule has 0 amide bonds. The molecule has 232 valence electrons. The molecule has 0 saturated heterocycles. The van der Waals surface area contributed by atoms with Gasteiger partial charge in [0, 0.05) is 16.5 Å². The van der Waals surface area contributed by atoms with Gasteiger partial charge < -0.3 is 30.6 Å². The number of halogens is 5. The minimum atomic E-state index is -5.20. The zero-order valence-electron chi connectivity index (χ0n) is 23.7. The quantitative estimate of drug-likeness (QED) is 0.212. The Morgan fingerprint density at radius 2 is 1.89 bits per heavy atom. The van der Waals surface area contributed by atoms with Crippen LogP contribution in [0.5, 0.6) is 17.5 Å². The minimum absolute atomic E-state index is 0.0174. The van der Waals surface area contributed by atoms with Crippen LogP contribution in [0.3, 0.4) is 0 Å². The maximum absolute atomic E-state index is 16.8. The fourth-order valence-corrected chi connectivity index (χ4v) is 6.50. The number of nitrogen functional groups attached to an aromatic ring is 2. The third-order valence-electron chi connectivity index (χ3n) is 7.59. The van der Waals surface area contributed by atoms with Gasteiger partial charge in [-0.3, -0.25) is 0 Å². The predicted molar refractivity (Wildman–Crippen MR) is 157 cm³/mol. The number of anilines is 3. The highest BCUT2D eigenvalue weighted by atomic mass is 32.1. The van der Waals surface area contributed by atoms with E-state index < -0.39 is 51.8 Å². The molecule has 0 radical (unpaired) electrons. The van der Waals surface area contributed by atoms with Crippen LogP contribution < -0.4 is 30.6 Å². The van der Waals surface area contributed by atoms with Crippen LogP contribution in [0.25, 0.3) is 32.1 Å². The van der Waals surface area contributed by atoms with Crippen molar-refractivity contribution >= 4 is 49.0 Å². The van der Waals surface area contributed by atoms with E-state index >= 15 is 17.6 Å². The van der Waals surface area contributed by atoms with E-state index in [4.69, 9.17) is 25.7 Å². The van der Waals surface area contributed by atoms with Gasteiger partial charge in [-0.15, -0.1) is 11.3 Å². The predicted octanol–water partition coefficient (Wildman–Crippen LogP) is 6.22. The Balaban J connectivity index is 1.74. The summed E-state index contributed by atoms with van der Waals surface area (Å²) >= 11 is 0.668. The van der Waals surface area contributed by atoms with Crippen LogP contribution in [0.2, 0.25) is 0 Å². The molecule has 0 saturated carbocycles. The van der Waals surface area contributed by atoms with Gasteiger partial charge in [-0.2, -0.15) is 28.4 Å². The van der Waals surface area contributed by atoms with Crippen LogP contribution in [0, 0.1) is 23.0 Å². The molecule has 6 rings (SSSR count). The number of hydrogen-bond donors (Lipinski definition) is 2. The molecule has 1 aliphatic rings. The lowest BCUT2D eigenvalue weighted by atomic mass is 9.91. The Hall–Kier alpha value is -5.17. The summed E-state index contributed by atoms with van der Waals surface area (Å²) in [5.41, 5.74) is 8.83. The number of nitrogens with two attached hydrogens (primary N) is 2. The molecule has 1 atom stereocenters. The van der Waals surface area contributed by atoms with Crippen LogP contribution in [-0.2, 0) is 6.18 Å². The number of alkyl halides is 3. The first-order valence-electron chi connectivity index (χ1n) is 13.2. The number of nitrogens with zero attached hydrogens (tertiary/aromatic N) is 5. The molecule has 4 heterocycles. The zero-order chi connectivity index (χ0) is 32.4. The average molecular weight is 644 g/mol. The number of fused-ring (bicyclic) bond motifs is 1. The van der Waals surface area contributed by atoms with Gasteiger partial charge in [-0.1, -0.05) is 6.07 Å². The first kappa shape index (κ1) is 29.9. The van der Waals surface area contributed by atoms with E-state index in [0.29, 0.717) is 22.6 Å². The third-order valence-corrected chi connectivity index (χ3v) is 8.62. The average Bonchev–Trinajstić information content (AvgIpc) is 3.24. The summed E-state index contributed by atoms with van der Waals surface area (Å²) in [6.45, 7) is 1.40. The van der Waals surface area contributed by atoms with Gasteiger partial charge in [0.15, 0.2) is 5.82 Å². The van der Waals surface area contributed by atoms with Gasteiger partial charge in [0.2, 0.25) is 0 Å². The number of ether oxygens (including phenoxy) is 3. The molecule has 0 fully saturated rings. The number of methoxy groups -OCH3 is 2. The molecular weight excluding hydrogens is 621 g/mol. The SMILES string of the molecule is COc1cnc(N)c(C(C)N2CCOc3c(C(F)(F)F)c(-c4ccc(F)c5sc(N)c(C#N)c45)c(F)c4nc(OC)nc2c34)c1. The second kappa shape index (κ2) is 10.8. The van der Waals surface area contributed by atoms with Gasteiger partial charge >= 0.3 is 12.2 Å². The lowest BCUT2D eigenvalue weighted by molar-refractivity contribution is -0.138. The van der Waals surface area contributed by atoms with E-state index in [1.54, 1.807) is 24.0 Å². The van der Waals surface area contributed by atoms with Crippen LogP contribution in [0.15, 0.2) is 24.4 Å². The first-order chi connectivity index (χ1) is 21.4. The smallest absolute Gasteiger partial charge is 0.420 e. The molecule has 3 aromatic heterocycles. The van der Waals surface area contributed by atoms with Crippen LogP contribution >= 0.6 is 11.3 Å². The van der Waals surface area contributed by atoms with Crippen molar-refractivity contribution in [2.24, 2.45) is 0 Å². The van der Waals surface area contributed by atoms with Gasteiger partial charge in [0.1, 0.15) is 57.7 Å². The van der Waals surface area contributed by atoms with E-state index in [0.717, 1.165) is 12.1 Å². The summed E-state index contributed by atoms with van der Waals surface area (Å²) < 4.78 is 93.1.